The highest BCUT2D eigenvalue weighted by Crippen LogP contribution is 2.28. The van der Waals surface area contributed by atoms with Crippen LogP contribution < -0.4 is 20.7 Å². The van der Waals surface area contributed by atoms with Crippen LogP contribution in [0.25, 0.3) is 11.0 Å². The molecule has 4 heterocycles. The second-order valence-corrected chi connectivity index (χ2v) is 8.90. The van der Waals surface area contributed by atoms with Crippen LogP contribution in [0.5, 0.6) is 5.75 Å². The molecule has 0 unspecified atom stereocenters. The molecule has 1 aromatic carbocycles. The van der Waals surface area contributed by atoms with Crippen LogP contribution in [-0.2, 0) is 22.6 Å². The topological polar surface area (TPSA) is 164 Å². The molecule has 5 rings (SSSR count). The zero-order valence-corrected chi connectivity index (χ0v) is 20.2. The van der Waals surface area contributed by atoms with Crippen LogP contribution in [0.15, 0.2) is 42.2 Å². The number of carbonyl (C=O) groups is 4. The molecule has 37 heavy (non-hydrogen) atoms. The zero-order valence-electron chi connectivity index (χ0n) is 19.4. The molecule has 0 atom stereocenters. The maximum atomic E-state index is 12.9. The average molecular weight is 521 g/mol. The fourth-order valence-electron chi connectivity index (χ4n) is 3.74. The number of aromatic nitrogens is 3. The summed E-state index contributed by atoms with van der Waals surface area (Å²) in [7, 11) is 1.31. The van der Waals surface area contributed by atoms with Gasteiger partial charge in [0.1, 0.15) is 22.5 Å². The third kappa shape index (κ3) is 4.97. The van der Waals surface area contributed by atoms with Crippen LogP contribution in [0.3, 0.4) is 0 Å². The van der Waals surface area contributed by atoms with Crippen molar-refractivity contribution in [1.29, 1.82) is 0 Å². The minimum absolute atomic E-state index is 0.0345. The Morgan fingerprint density at radius 2 is 1.92 bits per heavy atom. The molecule has 3 aromatic heterocycles. The van der Waals surface area contributed by atoms with E-state index in [1.165, 1.54) is 31.0 Å². The van der Waals surface area contributed by atoms with E-state index in [0.717, 1.165) is 11.1 Å². The van der Waals surface area contributed by atoms with E-state index in [9.17, 15) is 19.2 Å². The number of H-pyrrole nitrogens is 1. The van der Waals surface area contributed by atoms with Gasteiger partial charge in [0.25, 0.3) is 17.7 Å². The van der Waals surface area contributed by atoms with Crippen molar-refractivity contribution in [3.05, 3.63) is 69.4 Å². The number of carbonyl (C=O) groups excluding carboxylic acids is 4. The smallest absolute Gasteiger partial charge is 0.348 e. The van der Waals surface area contributed by atoms with Gasteiger partial charge in [-0.2, -0.15) is 0 Å². The van der Waals surface area contributed by atoms with Gasteiger partial charge in [0, 0.05) is 19.3 Å². The molecule has 1 aliphatic heterocycles. The molecule has 0 saturated carbocycles. The van der Waals surface area contributed by atoms with E-state index in [-0.39, 0.29) is 36.9 Å². The number of nitrogens with zero attached hydrogens (tertiary/aromatic N) is 2. The lowest BCUT2D eigenvalue weighted by Gasteiger charge is -2.18. The summed E-state index contributed by atoms with van der Waals surface area (Å²) in [6, 6.07) is 6.88. The first kappa shape index (κ1) is 23.9. The number of thiophene rings is 1. The third-order valence-electron chi connectivity index (χ3n) is 5.55. The number of ether oxygens (including phenoxy) is 2. The number of nitrogens with one attached hydrogen (secondary N) is 4. The molecule has 12 nitrogen and oxygen atoms in total. The normalized spacial score (nSPS) is 12.3. The van der Waals surface area contributed by atoms with E-state index in [1.807, 2.05) is 0 Å². The molecule has 0 radical (unpaired) electrons. The number of rotatable bonds is 7. The highest BCUT2D eigenvalue weighted by Gasteiger charge is 2.20. The van der Waals surface area contributed by atoms with Gasteiger partial charge in [0.05, 0.1) is 23.9 Å². The molecule has 0 aliphatic carbocycles. The first-order valence-corrected chi connectivity index (χ1v) is 11.9. The van der Waals surface area contributed by atoms with Gasteiger partial charge < -0.3 is 30.4 Å². The Morgan fingerprint density at radius 3 is 2.76 bits per heavy atom. The molecule has 0 fully saturated rings. The second kappa shape index (κ2) is 10.1. The number of anilines is 1. The van der Waals surface area contributed by atoms with Gasteiger partial charge in [-0.25, -0.2) is 14.8 Å². The average Bonchev–Trinajstić information content (AvgIpc) is 3.57. The van der Waals surface area contributed by atoms with Crippen molar-refractivity contribution >= 4 is 51.7 Å². The van der Waals surface area contributed by atoms with E-state index in [2.05, 4.69) is 30.9 Å². The van der Waals surface area contributed by atoms with Gasteiger partial charge in [0.2, 0.25) is 0 Å². The summed E-state index contributed by atoms with van der Waals surface area (Å²) < 4.78 is 10.0. The van der Waals surface area contributed by atoms with Gasteiger partial charge in [0.15, 0.2) is 12.3 Å². The quantitative estimate of drug-likeness (QED) is 0.269. The van der Waals surface area contributed by atoms with Crippen LogP contribution in [0.1, 0.15) is 41.6 Å². The van der Waals surface area contributed by atoms with Crippen molar-refractivity contribution < 1.29 is 28.7 Å². The number of amides is 3. The zero-order chi connectivity index (χ0) is 25.9. The number of fused-ring (bicyclic) bond motifs is 2. The number of hydrogen-bond acceptors (Lipinski definition) is 9. The number of hydrogen-bond donors (Lipinski definition) is 4. The summed E-state index contributed by atoms with van der Waals surface area (Å²) in [6.45, 7) is 0.340. The highest BCUT2D eigenvalue weighted by molar-refractivity contribution is 7.12. The first-order chi connectivity index (χ1) is 17.9. The minimum Gasteiger partial charge on any atom is -0.482 e. The predicted molar refractivity (Wildman–Crippen MR) is 132 cm³/mol. The number of esters is 1. The summed E-state index contributed by atoms with van der Waals surface area (Å²) in [4.78, 5) is 60.5. The first-order valence-electron chi connectivity index (χ1n) is 11.0. The Kier molecular flexibility index (Phi) is 6.51. The molecular formula is C24H20N6O6S. The summed E-state index contributed by atoms with van der Waals surface area (Å²) >= 11 is 1.23. The maximum absolute atomic E-state index is 12.9. The molecule has 13 heteroatoms. The summed E-state index contributed by atoms with van der Waals surface area (Å²) in [5.74, 6) is -0.986. The van der Waals surface area contributed by atoms with E-state index >= 15 is 0 Å². The maximum Gasteiger partial charge on any atom is 0.348 e. The molecule has 1 aliphatic rings. The molecule has 0 saturated heterocycles. The van der Waals surface area contributed by atoms with Crippen LogP contribution >= 0.6 is 11.3 Å². The summed E-state index contributed by atoms with van der Waals surface area (Å²) in [5, 5.41) is 10.1. The molecule has 188 valence electrons. The summed E-state index contributed by atoms with van der Waals surface area (Å²) in [5.41, 5.74) is 2.99. The molecule has 4 N–H and O–H groups in total. The minimum atomic E-state index is -0.465. The van der Waals surface area contributed by atoms with E-state index in [4.69, 9.17) is 9.47 Å². The van der Waals surface area contributed by atoms with Gasteiger partial charge in [-0.1, -0.05) is 6.07 Å². The van der Waals surface area contributed by atoms with Gasteiger partial charge >= 0.3 is 5.97 Å². The SMILES string of the molecule is COC(=O)c1cc(CNC(=O)c2c[nH]c3c(C(=O)NCc4ccc5c(c4)NC(=O)CO5)ncnc23)cs1. The second-order valence-electron chi connectivity index (χ2n) is 7.99. The molecule has 3 amide bonds. The molecular weight excluding hydrogens is 500 g/mol. The number of aromatic amines is 1. The van der Waals surface area contributed by atoms with Crippen molar-refractivity contribution in [2.24, 2.45) is 0 Å². The number of benzene rings is 1. The van der Waals surface area contributed by atoms with Crippen LogP contribution in [0.4, 0.5) is 5.69 Å². The molecule has 4 aromatic rings. The Labute approximate surface area is 213 Å². The Morgan fingerprint density at radius 1 is 1.11 bits per heavy atom. The lowest BCUT2D eigenvalue weighted by molar-refractivity contribution is -0.118. The van der Waals surface area contributed by atoms with Gasteiger partial charge in [-0.05, 0) is 34.7 Å². The monoisotopic (exact) mass is 520 g/mol. The van der Waals surface area contributed by atoms with Crippen LogP contribution in [0, 0.1) is 0 Å². The highest BCUT2D eigenvalue weighted by atomic mass is 32.1. The fourth-order valence-corrected chi connectivity index (χ4v) is 4.57. The summed E-state index contributed by atoms with van der Waals surface area (Å²) in [6.07, 6.45) is 2.68. The lowest BCUT2D eigenvalue weighted by Crippen LogP contribution is -2.26. The van der Waals surface area contributed by atoms with Crippen molar-refractivity contribution in [2.75, 3.05) is 19.0 Å². The Balaban J connectivity index is 1.26. The Hall–Kier alpha value is -4.78. The standard InChI is InChI=1S/C24H20N6O6S/c1-35-24(34)17-5-13(10-37-17)7-26-22(32)14-8-25-20-19(14)28-11-29-21(20)23(33)27-6-12-2-3-16-15(4-12)30-18(31)9-36-16/h2-5,8,10-11,25H,6-7,9H2,1H3,(H,26,32)(H,27,33)(H,30,31). The lowest BCUT2D eigenvalue weighted by atomic mass is 10.1. The largest absolute Gasteiger partial charge is 0.482 e. The van der Waals surface area contributed by atoms with Crippen LogP contribution in [-0.4, -0.2) is 52.4 Å². The van der Waals surface area contributed by atoms with E-state index in [0.29, 0.717) is 27.3 Å². The van der Waals surface area contributed by atoms with Crippen molar-refractivity contribution in [3.8, 4) is 5.75 Å². The third-order valence-corrected chi connectivity index (χ3v) is 6.51. The molecule has 0 spiro atoms. The van der Waals surface area contributed by atoms with Crippen LogP contribution in [0.2, 0.25) is 0 Å². The van der Waals surface area contributed by atoms with Gasteiger partial charge in [-0.15, -0.1) is 11.3 Å². The predicted octanol–water partition coefficient (Wildman–Crippen LogP) is 2.00. The number of methoxy groups -OCH3 is 1. The Bertz CT molecular complexity index is 1540. The van der Waals surface area contributed by atoms with E-state index < -0.39 is 17.8 Å². The van der Waals surface area contributed by atoms with Crippen molar-refractivity contribution in [1.82, 2.24) is 25.6 Å². The fraction of sp³-hybridized carbons (Fsp3) is 0.167. The van der Waals surface area contributed by atoms with Crippen molar-refractivity contribution in [3.63, 3.8) is 0 Å². The van der Waals surface area contributed by atoms with Gasteiger partial charge in [-0.3, -0.25) is 14.4 Å². The molecule has 0 bridgehead atoms. The van der Waals surface area contributed by atoms with Crippen molar-refractivity contribution in [2.45, 2.75) is 13.1 Å². The van der Waals surface area contributed by atoms with E-state index in [1.54, 1.807) is 29.6 Å².